The highest BCUT2D eigenvalue weighted by Crippen LogP contribution is 2.26. The molecule has 3 atom stereocenters. The van der Waals surface area contributed by atoms with Gasteiger partial charge in [0.15, 0.2) is 0 Å². The van der Waals surface area contributed by atoms with E-state index >= 15 is 0 Å². The number of hydrogen-bond acceptors (Lipinski definition) is 4. The number of nitrogens with one attached hydrogen (secondary N) is 2. The number of amides is 1. The van der Waals surface area contributed by atoms with Crippen molar-refractivity contribution in [3.05, 3.63) is 63.6 Å². The van der Waals surface area contributed by atoms with Crippen molar-refractivity contribution in [2.24, 2.45) is 0 Å². The van der Waals surface area contributed by atoms with Gasteiger partial charge in [-0.05, 0) is 50.6 Å². The number of halogens is 2. The Morgan fingerprint density at radius 1 is 1.07 bits per heavy atom. The number of carbonyl (C=O) groups excluding carboxylic acids is 1. The second-order valence-electron chi connectivity index (χ2n) is 6.55. The Morgan fingerprint density at radius 2 is 1.68 bits per heavy atom. The standard InChI is InChI=1S/C19H22Cl2N2O4S/c1-11-4-7-15(8-5-11)28(26,27)23-18(13(3)24)19(25)22-12(2)16-9-6-14(20)10-17(16)21/h4-10,12-13,18,23-24H,1-3H3,(H,22,25). The summed E-state index contributed by atoms with van der Waals surface area (Å²) >= 11 is 12.0. The Kier molecular flexibility index (Phi) is 7.47. The molecule has 1 amide bonds. The Bertz CT molecular complexity index is 947. The lowest BCUT2D eigenvalue weighted by molar-refractivity contribution is -0.125. The number of rotatable bonds is 7. The lowest BCUT2D eigenvalue weighted by Gasteiger charge is -2.24. The lowest BCUT2D eigenvalue weighted by atomic mass is 10.1. The second-order valence-corrected chi connectivity index (χ2v) is 9.11. The largest absolute Gasteiger partial charge is 0.391 e. The monoisotopic (exact) mass is 444 g/mol. The van der Waals surface area contributed by atoms with Crippen LogP contribution in [0.15, 0.2) is 47.4 Å². The van der Waals surface area contributed by atoms with Gasteiger partial charge in [0.2, 0.25) is 15.9 Å². The molecule has 152 valence electrons. The molecular formula is C19H22Cl2N2O4S. The van der Waals surface area contributed by atoms with Gasteiger partial charge in [-0.3, -0.25) is 4.79 Å². The van der Waals surface area contributed by atoms with Crippen LogP contribution in [0.1, 0.15) is 31.0 Å². The minimum Gasteiger partial charge on any atom is -0.391 e. The van der Waals surface area contributed by atoms with Crippen LogP contribution in [-0.4, -0.2) is 31.6 Å². The highest BCUT2D eigenvalue weighted by atomic mass is 35.5. The number of aryl methyl sites for hydroxylation is 1. The predicted molar refractivity (Wildman–Crippen MR) is 110 cm³/mol. The molecule has 0 fully saturated rings. The van der Waals surface area contributed by atoms with Gasteiger partial charge in [0.05, 0.1) is 17.0 Å². The molecule has 2 aromatic carbocycles. The number of aliphatic hydroxyl groups excluding tert-OH is 1. The zero-order valence-electron chi connectivity index (χ0n) is 15.6. The van der Waals surface area contributed by atoms with Crippen molar-refractivity contribution in [3.8, 4) is 0 Å². The summed E-state index contributed by atoms with van der Waals surface area (Å²) in [5, 5.41) is 13.5. The fraction of sp³-hybridized carbons (Fsp3) is 0.316. The zero-order chi connectivity index (χ0) is 21.1. The Balaban J connectivity index is 2.18. The number of carbonyl (C=O) groups is 1. The Hall–Kier alpha value is -1.64. The van der Waals surface area contributed by atoms with E-state index in [0.717, 1.165) is 5.56 Å². The molecule has 2 rings (SSSR count). The van der Waals surface area contributed by atoms with Crippen LogP contribution in [0.4, 0.5) is 0 Å². The summed E-state index contributed by atoms with van der Waals surface area (Å²) in [6.45, 7) is 4.86. The third-order valence-electron chi connectivity index (χ3n) is 4.17. The van der Waals surface area contributed by atoms with Gasteiger partial charge in [-0.25, -0.2) is 8.42 Å². The Morgan fingerprint density at radius 3 is 2.21 bits per heavy atom. The van der Waals surface area contributed by atoms with Gasteiger partial charge in [-0.2, -0.15) is 4.72 Å². The molecule has 0 radical (unpaired) electrons. The average molecular weight is 445 g/mol. The fourth-order valence-corrected chi connectivity index (χ4v) is 4.40. The van der Waals surface area contributed by atoms with E-state index < -0.39 is 34.1 Å². The minimum absolute atomic E-state index is 0.00495. The van der Waals surface area contributed by atoms with Crippen molar-refractivity contribution in [3.63, 3.8) is 0 Å². The molecule has 0 aliphatic heterocycles. The van der Waals surface area contributed by atoms with Crippen molar-refractivity contribution in [2.45, 2.75) is 43.9 Å². The van der Waals surface area contributed by atoms with Crippen LogP contribution in [0.5, 0.6) is 0 Å². The zero-order valence-corrected chi connectivity index (χ0v) is 17.9. The molecule has 0 aliphatic rings. The van der Waals surface area contributed by atoms with Crippen molar-refractivity contribution in [1.29, 1.82) is 0 Å². The van der Waals surface area contributed by atoms with E-state index in [1.165, 1.54) is 19.1 Å². The van der Waals surface area contributed by atoms with Gasteiger partial charge in [0.25, 0.3) is 0 Å². The average Bonchev–Trinajstić information content (AvgIpc) is 2.59. The molecule has 3 N–H and O–H groups in total. The Labute approximate surface area is 174 Å². The summed E-state index contributed by atoms with van der Waals surface area (Å²) < 4.78 is 27.4. The first-order chi connectivity index (χ1) is 13.0. The number of benzene rings is 2. The first kappa shape index (κ1) is 22.6. The molecule has 0 saturated heterocycles. The molecule has 3 unspecified atom stereocenters. The second kappa shape index (κ2) is 9.24. The first-order valence-corrected chi connectivity index (χ1v) is 10.8. The van der Waals surface area contributed by atoms with Crippen LogP contribution in [0.25, 0.3) is 0 Å². The smallest absolute Gasteiger partial charge is 0.241 e. The van der Waals surface area contributed by atoms with Crippen molar-refractivity contribution >= 4 is 39.1 Å². The summed E-state index contributed by atoms with van der Waals surface area (Å²) in [5.74, 6) is -0.677. The van der Waals surface area contributed by atoms with Crippen molar-refractivity contribution < 1.29 is 18.3 Å². The maximum Gasteiger partial charge on any atom is 0.241 e. The summed E-state index contributed by atoms with van der Waals surface area (Å²) in [5.41, 5.74) is 1.52. The van der Waals surface area contributed by atoms with Crippen LogP contribution >= 0.6 is 23.2 Å². The van der Waals surface area contributed by atoms with Crippen LogP contribution in [0.3, 0.4) is 0 Å². The number of hydrogen-bond donors (Lipinski definition) is 3. The molecule has 0 saturated carbocycles. The molecule has 28 heavy (non-hydrogen) atoms. The van der Waals surface area contributed by atoms with Gasteiger partial charge in [-0.15, -0.1) is 0 Å². The molecule has 0 heterocycles. The highest BCUT2D eigenvalue weighted by molar-refractivity contribution is 7.89. The van der Waals surface area contributed by atoms with Gasteiger partial charge in [-0.1, -0.05) is 47.0 Å². The normalized spacial score (nSPS) is 14.9. The summed E-state index contributed by atoms with van der Waals surface area (Å²) in [7, 11) is -3.99. The summed E-state index contributed by atoms with van der Waals surface area (Å²) in [4.78, 5) is 12.6. The van der Waals surface area contributed by atoms with Gasteiger partial charge < -0.3 is 10.4 Å². The molecule has 9 heteroatoms. The van der Waals surface area contributed by atoms with E-state index in [1.54, 1.807) is 37.3 Å². The SMILES string of the molecule is Cc1ccc(S(=O)(=O)NC(C(=O)NC(C)c2ccc(Cl)cc2Cl)C(C)O)cc1. The quantitative estimate of drug-likeness (QED) is 0.610. The molecule has 0 bridgehead atoms. The predicted octanol–water partition coefficient (Wildman–Crippen LogP) is 3.21. The van der Waals surface area contributed by atoms with Crippen molar-refractivity contribution in [2.75, 3.05) is 0 Å². The van der Waals surface area contributed by atoms with Gasteiger partial charge >= 0.3 is 0 Å². The van der Waals surface area contributed by atoms with E-state index in [2.05, 4.69) is 10.0 Å². The number of aliphatic hydroxyl groups is 1. The van der Waals surface area contributed by atoms with E-state index in [0.29, 0.717) is 15.6 Å². The molecular weight excluding hydrogens is 423 g/mol. The van der Waals surface area contributed by atoms with Gasteiger partial charge in [0, 0.05) is 10.0 Å². The van der Waals surface area contributed by atoms with Crippen LogP contribution in [-0.2, 0) is 14.8 Å². The van der Waals surface area contributed by atoms with E-state index in [-0.39, 0.29) is 4.90 Å². The minimum atomic E-state index is -3.99. The first-order valence-electron chi connectivity index (χ1n) is 8.53. The molecule has 6 nitrogen and oxygen atoms in total. The molecule has 0 aromatic heterocycles. The van der Waals surface area contributed by atoms with Crippen LogP contribution < -0.4 is 10.0 Å². The van der Waals surface area contributed by atoms with Crippen LogP contribution in [0, 0.1) is 6.92 Å². The van der Waals surface area contributed by atoms with Crippen molar-refractivity contribution in [1.82, 2.24) is 10.0 Å². The van der Waals surface area contributed by atoms with E-state index in [1.807, 2.05) is 6.92 Å². The lowest BCUT2D eigenvalue weighted by Crippen LogP contribution is -2.52. The summed E-state index contributed by atoms with van der Waals surface area (Å²) in [6, 6.07) is 9.12. The third kappa shape index (κ3) is 5.68. The maximum atomic E-state index is 12.6. The van der Waals surface area contributed by atoms with E-state index in [4.69, 9.17) is 23.2 Å². The maximum absolute atomic E-state index is 12.6. The molecule has 0 aliphatic carbocycles. The third-order valence-corrected chi connectivity index (χ3v) is 6.19. The number of sulfonamides is 1. The fourth-order valence-electron chi connectivity index (χ4n) is 2.56. The summed E-state index contributed by atoms with van der Waals surface area (Å²) in [6.07, 6.45) is -1.26. The topological polar surface area (TPSA) is 95.5 Å². The van der Waals surface area contributed by atoms with Crippen LogP contribution in [0.2, 0.25) is 10.0 Å². The van der Waals surface area contributed by atoms with E-state index in [9.17, 15) is 18.3 Å². The molecule has 0 spiro atoms. The highest BCUT2D eigenvalue weighted by Gasteiger charge is 2.30. The van der Waals surface area contributed by atoms with Gasteiger partial charge in [0.1, 0.15) is 6.04 Å². The molecule has 2 aromatic rings.